The first-order valence-corrected chi connectivity index (χ1v) is 6.55. The molecule has 0 radical (unpaired) electrons. The summed E-state index contributed by atoms with van der Waals surface area (Å²) in [5.74, 6) is 1.37. The van der Waals surface area contributed by atoms with Crippen LogP contribution in [0.3, 0.4) is 0 Å². The van der Waals surface area contributed by atoms with Gasteiger partial charge in [-0.1, -0.05) is 35.3 Å². The third-order valence-electron chi connectivity index (χ3n) is 2.44. The van der Waals surface area contributed by atoms with E-state index in [9.17, 15) is 0 Å². The number of ether oxygens (including phenoxy) is 1. The molecule has 0 atom stereocenters. The molecule has 5 heteroatoms. The molecule has 0 amide bonds. The molecule has 1 aromatic carbocycles. The first-order valence-electron chi connectivity index (χ1n) is 5.26. The number of halogens is 3. The van der Waals surface area contributed by atoms with E-state index in [1.165, 1.54) is 0 Å². The Bertz CT molecular complexity index is 572. The fourth-order valence-corrected chi connectivity index (χ4v) is 2.05. The maximum atomic E-state index is 6.04. The molecule has 0 spiro atoms. The molecule has 2 rings (SSSR count). The highest BCUT2D eigenvalue weighted by Crippen LogP contribution is 2.34. The molecular formula is C13H10Cl3NO. The Balaban J connectivity index is 2.29. The largest absolute Gasteiger partial charge is 0.437 e. The molecule has 0 saturated heterocycles. The van der Waals surface area contributed by atoms with Crippen LogP contribution in [0.2, 0.25) is 10.0 Å². The molecule has 2 nitrogen and oxygen atoms in total. The smallest absolute Gasteiger partial charge is 0.219 e. The third-order valence-corrected chi connectivity index (χ3v) is 3.53. The summed E-state index contributed by atoms with van der Waals surface area (Å²) in [7, 11) is 0. The van der Waals surface area contributed by atoms with E-state index < -0.39 is 0 Å². The van der Waals surface area contributed by atoms with Crippen LogP contribution in [0.1, 0.15) is 11.3 Å². The van der Waals surface area contributed by atoms with Crippen LogP contribution >= 0.6 is 34.8 Å². The lowest BCUT2D eigenvalue weighted by Gasteiger charge is -2.09. The van der Waals surface area contributed by atoms with Gasteiger partial charge in [0.25, 0.3) is 0 Å². The molecule has 0 N–H and O–H groups in total. The summed E-state index contributed by atoms with van der Waals surface area (Å²) in [5.41, 5.74) is 1.81. The number of nitrogens with zero attached hydrogens (tertiary/aromatic N) is 1. The van der Waals surface area contributed by atoms with Crippen LogP contribution in [0, 0.1) is 6.92 Å². The van der Waals surface area contributed by atoms with Crippen molar-refractivity contribution in [3.05, 3.63) is 51.6 Å². The number of aromatic nitrogens is 1. The summed E-state index contributed by atoms with van der Waals surface area (Å²) >= 11 is 17.7. The average Bonchev–Trinajstić information content (AvgIpc) is 2.35. The second-order valence-electron chi connectivity index (χ2n) is 3.68. The van der Waals surface area contributed by atoms with Crippen molar-refractivity contribution in [3.63, 3.8) is 0 Å². The minimum atomic E-state index is 0.375. The van der Waals surface area contributed by atoms with E-state index in [-0.39, 0.29) is 0 Å². The summed E-state index contributed by atoms with van der Waals surface area (Å²) in [4.78, 5) is 4.30. The van der Waals surface area contributed by atoms with Gasteiger partial charge >= 0.3 is 0 Å². The highest BCUT2D eigenvalue weighted by molar-refractivity contribution is 6.42. The van der Waals surface area contributed by atoms with Crippen molar-refractivity contribution in [1.82, 2.24) is 4.98 Å². The zero-order chi connectivity index (χ0) is 13.1. The Kier molecular flexibility index (Phi) is 4.33. The third kappa shape index (κ3) is 2.89. The first-order chi connectivity index (χ1) is 8.61. The number of rotatable bonds is 3. The van der Waals surface area contributed by atoms with E-state index in [2.05, 4.69) is 4.98 Å². The SMILES string of the molecule is Cc1nc(Oc2cccc(Cl)c2Cl)ccc1CCl. The van der Waals surface area contributed by atoms with Gasteiger partial charge in [-0.25, -0.2) is 4.98 Å². The van der Waals surface area contributed by atoms with Gasteiger partial charge in [0.15, 0.2) is 0 Å². The van der Waals surface area contributed by atoms with Gasteiger partial charge in [-0.05, 0) is 24.6 Å². The molecule has 0 fully saturated rings. The Morgan fingerprint density at radius 1 is 1.17 bits per heavy atom. The van der Waals surface area contributed by atoms with E-state index in [0.29, 0.717) is 27.6 Å². The monoisotopic (exact) mass is 301 g/mol. The molecule has 0 aliphatic heterocycles. The van der Waals surface area contributed by atoms with Gasteiger partial charge in [0.1, 0.15) is 10.8 Å². The number of aryl methyl sites for hydroxylation is 1. The van der Waals surface area contributed by atoms with Crippen LogP contribution in [-0.4, -0.2) is 4.98 Å². The molecule has 1 aromatic heterocycles. The summed E-state index contributed by atoms with van der Waals surface area (Å²) in [5, 5.41) is 0.823. The summed E-state index contributed by atoms with van der Waals surface area (Å²) < 4.78 is 5.60. The van der Waals surface area contributed by atoms with Crippen LogP contribution in [0.4, 0.5) is 0 Å². The van der Waals surface area contributed by atoms with Crippen LogP contribution < -0.4 is 4.74 Å². The molecule has 94 valence electrons. The van der Waals surface area contributed by atoms with Crippen molar-refractivity contribution >= 4 is 34.8 Å². The number of benzene rings is 1. The molecule has 0 aliphatic carbocycles. The maximum Gasteiger partial charge on any atom is 0.219 e. The standard InChI is InChI=1S/C13H10Cl3NO/c1-8-9(7-14)5-6-12(17-8)18-11-4-2-3-10(15)13(11)16/h2-6H,7H2,1H3. The van der Waals surface area contributed by atoms with Gasteiger partial charge in [-0.3, -0.25) is 0 Å². The van der Waals surface area contributed by atoms with Gasteiger partial charge in [0.2, 0.25) is 5.88 Å². The lowest BCUT2D eigenvalue weighted by atomic mass is 10.2. The van der Waals surface area contributed by atoms with Crippen molar-refractivity contribution in [1.29, 1.82) is 0 Å². The highest BCUT2D eigenvalue weighted by atomic mass is 35.5. The minimum absolute atomic E-state index is 0.375. The van der Waals surface area contributed by atoms with Crippen LogP contribution in [0.15, 0.2) is 30.3 Å². The lowest BCUT2D eigenvalue weighted by Crippen LogP contribution is -1.94. The Hall–Kier alpha value is -0.960. The van der Waals surface area contributed by atoms with Gasteiger partial charge < -0.3 is 4.74 Å². The lowest BCUT2D eigenvalue weighted by molar-refractivity contribution is 0.461. The normalized spacial score (nSPS) is 10.4. The van der Waals surface area contributed by atoms with Crippen molar-refractivity contribution in [2.45, 2.75) is 12.8 Å². The zero-order valence-corrected chi connectivity index (χ0v) is 11.9. The topological polar surface area (TPSA) is 22.1 Å². The summed E-state index contributed by atoms with van der Waals surface area (Å²) in [6, 6.07) is 8.83. The van der Waals surface area contributed by atoms with Gasteiger partial charge in [0.05, 0.1) is 5.02 Å². The number of pyridine rings is 1. The van der Waals surface area contributed by atoms with Gasteiger partial charge in [0, 0.05) is 17.6 Å². The summed E-state index contributed by atoms with van der Waals surface area (Å²) in [6.07, 6.45) is 0. The Labute approximate surface area is 120 Å². The Morgan fingerprint density at radius 3 is 2.61 bits per heavy atom. The second kappa shape index (κ2) is 5.79. The van der Waals surface area contributed by atoms with Crippen molar-refractivity contribution in [2.75, 3.05) is 0 Å². The molecule has 0 bridgehead atoms. The maximum absolute atomic E-state index is 6.04. The molecule has 2 aromatic rings. The predicted molar refractivity (Wildman–Crippen MR) is 75.1 cm³/mol. The first kappa shape index (κ1) is 13.5. The van der Waals surface area contributed by atoms with E-state index in [4.69, 9.17) is 39.5 Å². The number of hydrogen-bond acceptors (Lipinski definition) is 2. The second-order valence-corrected chi connectivity index (χ2v) is 4.73. The predicted octanol–water partition coefficient (Wildman–Crippen LogP) is 5.23. The molecule has 0 aliphatic rings. The van der Waals surface area contributed by atoms with Crippen molar-refractivity contribution in [3.8, 4) is 11.6 Å². The van der Waals surface area contributed by atoms with Gasteiger partial charge in [-0.2, -0.15) is 0 Å². The summed E-state index contributed by atoms with van der Waals surface area (Å²) in [6.45, 7) is 1.88. The van der Waals surface area contributed by atoms with Crippen LogP contribution in [0.5, 0.6) is 11.6 Å². The van der Waals surface area contributed by atoms with Crippen molar-refractivity contribution in [2.24, 2.45) is 0 Å². The molecule has 1 heterocycles. The van der Waals surface area contributed by atoms with E-state index in [1.54, 1.807) is 24.3 Å². The van der Waals surface area contributed by atoms with E-state index in [1.807, 2.05) is 13.0 Å². The molecule has 0 unspecified atom stereocenters. The minimum Gasteiger partial charge on any atom is -0.437 e. The van der Waals surface area contributed by atoms with Crippen molar-refractivity contribution < 1.29 is 4.74 Å². The quantitative estimate of drug-likeness (QED) is 0.724. The average molecular weight is 303 g/mol. The molecule has 0 saturated carbocycles. The number of hydrogen-bond donors (Lipinski definition) is 0. The van der Waals surface area contributed by atoms with Crippen LogP contribution in [-0.2, 0) is 5.88 Å². The highest BCUT2D eigenvalue weighted by Gasteiger charge is 2.08. The van der Waals surface area contributed by atoms with E-state index in [0.717, 1.165) is 11.3 Å². The van der Waals surface area contributed by atoms with Crippen LogP contribution in [0.25, 0.3) is 0 Å². The fraction of sp³-hybridized carbons (Fsp3) is 0.154. The fourth-order valence-electron chi connectivity index (χ4n) is 1.44. The molecular weight excluding hydrogens is 293 g/mol. The Morgan fingerprint density at radius 2 is 1.94 bits per heavy atom. The molecule has 18 heavy (non-hydrogen) atoms. The van der Waals surface area contributed by atoms with Gasteiger partial charge in [-0.15, -0.1) is 11.6 Å². The zero-order valence-electron chi connectivity index (χ0n) is 9.58. The number of alkyl halides is 1. The van der Waals surface area contributed by atoms with E-state index >= 15 is 0 Å².